The highest BCUT2D eigenvalue weighted by Crippen LogP contribution is 2.38. The van der Waals surface area contributed by atoms with Crippen molar-refractivity contribution in [3.8, 4) is 11.5 Å². The third-order valence-electron chi connectivity index (χ3n) is 5.33. The number of aromatic nitrogens is 3. The van der Waals surface area contributed by atoms with Crippen LogP contribution < -0.4 is 9.47 Å². The van der Waals surface area contributed by atoms with Gasteiger partial charge >= 0.3 is 0 Å². The fourth-order valence-electron chi connectivity index (χ4n) is 3.60. The number of hydrogen-bond acceptors (Lipinski definition) is 5. The minimum Gasteiger partial charge on any atom is -0.497 e. The molecule has 2 heterocycles. The molecule has 0 bridgehead atoms. The van der Waals surface area contributed by atoms with E-state index in [9.17, 15) is 0 Å². The normalized spacial score (nSPS) is 11.8. The van der Waals surface area contributed by atoms with E-state index in [4.69, 9.17) is 19.4 Å². The molecule has 0 radical (unpaired) electrons. The van der Waals surface area contributed by atoms with Gasteiger partial charge in [-0.2, -0.15) is 0 Å². The molecule has 0 spiro atoms. The maximum atomic E-state index is 5.70. The van der Waals surface area contributed by atoms with Crippen molar-refractivity contribution in [2.75, 3.05) is 34.9 Å². The summed E-state index contributed by atoms with van der Waals surface area (Å²) in [6.45, 7) is 5.90. The molecule has 4 rings (SSSR count). The van der Waals surface area contributed by atoms with Crippen molar-refractivity contribution in [2.45, 2.75) is 20.4 Å². The Morgan fingerprint density at radius 1 is 0.929 bits per heavy atom. The third-order valence-corrected chi connectivity index (χ3v) is 5.33. The van der Waals surface area contributed by atoms with Crippen LogP contribution in [-0.2, 0) is 6.54 Å². The Kier molecular flexibility index (Phi) is 4.59. The van der Waals surface area contributed by atoms with E-state index >= 15 is 0 Å². The standard InChI is InChI=1S/C22H26N4O2/c1-13-9-16-17(10-14(13)2)24-22-21(23-16)20-18(26(22)8-7-25(3)4)11-15(27-5)12-19(20)28-6/h9-12H,7-8H2,1-6H3. The average Bonchev–Trinajstić information content (AvgIpc) is 2.97. The lowest BCUT2D eigenvalue weighted by Gasteiger charge is -2.13. The van der Waals surface area contributed by atoms with Crippen LogP contribution in [0.5, 0.6) is 11.5 Å². The first-order chi connectivity index (χ1) is 13.4. The lowest BCUT2D eigenvalue weighted by Crippen LogP contribution is -2.18. The Morgan fingerprint density at radius 2 is 1.61 bits per heavy atom. The number of hydrogen-bond donors (Lipinski definition) is 0. The Bertz CT molecular complexity index is 1190. The summed E-state index contributed by atoms with van der Waals surface area (Å²) in [5.74, 6) is 1.51. The number of aryl methyl sites for hydroxylation is 2. The van der Waals surface area contributed by atoms with Gasteiger partial charge in [0.25, 0.3) is 0 Å². The van der Waals surface area contributed by atoms with Gasteiger partial charge in [-0.25, -0.2) is 9.97 Å². The number of likely N-dealkylation sites (N-methyl/N-ethyl adjacent to an activating group) is 1. The SMILES string of the molecule is COc1cc(OC)c2c3nc4cc(C)c(C)cc4nc3n(CCN(C)C)c2c1. The molecule has 0 aliphatic carbocycles. The molecule has 0 fully saturated rings. The summed E-state index contributed by atoms with van der Waals surface area (Å²) in [4.78, 5) is 12.2. The number of benzene rings is 2. The second kappa shape index (κ2) is 6.95. The molecular weight excluding hydrogens is 352 g/mol. The molecule has 0 aliphatic rings. The highest BCUT2D eigenvalue weighted by atomic mass is 16.5. The summed E-state index contributed by atoms with van der Waals surface area (Å²) in [5.41, 5.74) is 7.01. The lowest BCUT2D eigenvalue weighted by atomic mass is 10.1. The first kappa shape index (κ1) is 18.5. The summed E-state index contributed by atoms with van der Waals surface area (Å²) in [7, 11) is 7.49. The van der Waals surface area contributed by atoms with E-state index in [1.165, 1.54) is 11.1 Å². The van der Waals surface area contributed by atoms with Gasteiger partial charge in [0.05, 0.1) is 36.2 Å². The maximum Gasteiger partial charge on any atom is 0.160 e. The van der Waals surface area contributed by atoms with Crippen LogP contribution in [0.25, 0.3) is 33.1 Å². The topological polar surface area (TPSA) is 52.4 Å². The molecule has 0 saturated heterocycles. The zero-order valence-electron chi connectivity index (χ0n) is 17.3. The molecule has 4 aromatic rings. The van der Waals surface area contributed by atoms with E-state index < -0.39 is 0 Å². The predicted octanol–water partition coefficient (Wildman–Crippen LogP) is 3.93. The Hall–Kier alpha value is -2.86. The summed E-state index contributed by atoms with van der Waals surface area (Å²) in [6.07, 6.45) is 0. The van der Waals surface area contributed by atoms with Crippen LogP contribution in [0.2, 0.25) is 0 Å². The van der Waals surface area contributed by atoms with Gasteiger partial charge in [0.1, 0.15) is 17.0 Å². The van der Waals surface area contributed by atoms with Crippen molar-refractivity contribution in [3.05, 3.63) is 35.4 Å². The third kappa shape index (κ3) is 2.94. The Morgan fingerprint density at radius 3 is 2.21 bits per heavy atom. The van der Waals surface area contributed by atoms with Gasteiger partial charge in [0.2, 0.25) is 0 Å². The molecule has 28 heavy (non-hydrogen) atoms. The maximum absolute atomic E-state index is 5.70. The van der Waals surface area contributed by atoms with Crippen molar-refractivity contribution in [1.82, 2.24) is 19.4 Å². The van der Waals surface area contributed by atoms with E-state index in [1.54, 1.807) is 14.2 Å². The number of rotatable bonds is 5. The number of methoxy groups -OCH3 is 2. The molecule has 6 heteroatoms. The predicted molar refractivity (Wildman–Crippen MR) is 114 cm³/mol. The van der Waals surface area contributed by atoms with Crippen LogP contribution >= 0.6 is 0 Å². The average molecular weight is 378 g/mol. The van der Waals surface area contributed by atoms with Gasteiger partial charge in [-0.3, -0.25) is 0 Å². The smallest absolute Gasteiger partial charge is 0.160 e. The minimum atomic E-state index is 0.750. The number of ether oxygens (including phenoxy) is 2. The fraction of sp³-hybridized carbons (Fsp3) is 0.364. The molecule has 0 atom stereocenters. The van der Waals surface area contributed by atoms with Gasteiger partial charge in [0, 0.05) is 25.2 Å². The van der Waals surface area contributed by atoms with Crippen LogP contribution in [0, 0.1) is 13.8 Å². The van der Waals surface area contributed by atoms with E-state index in [-0.39, 0.29) is 0 Å². The van der Waals surface area contributed by atoms with E-state index in [0.29, 0.717) is 0 Å². The van der Waals surface area contributed by atoms with E-state index in [1.807, 2.05) is 12.1 Å². The van der Waals surface area contributed by atoms with Gasteiger partial charge < -0.3 is 18.9 Å². The molecule has 2 aromatic carbocycles. The van der Waals surface area contributed by atoms with Gasteiger partial charge in [0.15, 0.2) is 5.65 Å². The van der Waals surface area contributed by atoms with Crippen molar-refractivity contribution >= 4 is 33.1 Å². The van der Waals surface area contributed by atoms with Crippen molar-refractivity contribution in [1.29, 1.82) is 0 Å². The van der Waals surface area contributed by atoms with Crippen LogP contribution in [-0.4, -0.2) is 54.3 Å². The highest BCUT2D eigenvalue weighted by molar-refractivity contribution is 6.10. The van der Waals surface area contributed by atoms with Gasteiger partial charge in [-0.05, 0) is 51.2 Å². The molecule has 146 valence electrons. The first-order valence-corrected chi connectivity index (χ1v) is 9.40. The minimum absolute atomic E-state index is 0.750. The second-order valence-electron chi connectivity index (χ2n) is 7.50. The summed E-state index contributed by atoms with van der Waals surface area (Å²) < 4.78 is 13.4. The number of nitrogens with zero attached hydrogens (tertiary/aromatic N) is 4. The monoisotopic (exact) mass is 378 g/mol. The second-order valence-corrected chi connectivity index (χ2v) is 7.50. The van der Waals surface area contributed by atoms with E-state index in [2.05, 4.69) is 49.5 Å². The fourth-order valence-corrected chi connectivity index (χ4v) is 3.60. The largest absolute Gasteiger partial charge is 0.497 e. The van der Waals surface area contributed by atoms with Gasteiger partial charge in [-0.15, -0.1) is 0 Å². The van der Waals surface area contributed by atoms with Gasteiger partial charge in [-0.1, -0.05) is 0 Å². The van der Waals surface area contributed by atoms with Crippen molar-refractivity contribution in [3.63, 3.8) is 0 Å². The summed E-state index contributed by atoms with van der Waals surface area (Å²) in [6, 6.07) is 8.17. The first-order valence-electron chi connectivity index (χ1n) is 9.40. The number of fused-ring (bicyclic) bond motifs is 4. The molecule has 0 aliphatic heterocycles. The van der Waals surface area contributed by atoms with Crippen molar-refractivity contribution < 1.29 is 9.47 Å². The van der Waals surface area contributed by atoms with Crippen LogP contribution in [0.1, 0.15) is 11.1 Å². The van der Waals surface area contributed by atoms with Crippen LogP contribution in [0.4, 0.5) is 0 Å². The quantitative estimate of drug-likeness (QED) is 0.527. The molecule has 2 aromatic heterocycles. The zero-order chi connectivity index (χ0) is 20.0. The highest BCUT2D eigenvalue weighted by Gasteiger charge is 2.20. The zero-order valence-corrected chi connectivity index (χ0v) is 17.3. The summed E-state index contributed by atoms with van der Waals surface area (Å²) in [5, 5.41) is 0.977. The lowest BCUT2D eigenvalue weighted by molar-refractivity contribution is 0.387. The van der Waals surface area contributed by atoms with Crippen molar-refractivity contribution in [2.24, 2.45) is 0 Å². The Balaban J connectivity index is 2.13. The molecule has 0 unspecified atom stereocenters. The van der Waals surface area contributed by atoms with Crippen LogP contribution in [0.15, 0.2) is 24.3 Å². The molecule has 0 amide bonds. The molecule has 0 saturated carbocycles. The molecule has 0 N–H and O–H groups in total. The van der Waals surface area contributed by atoms with E-state index in [0.717, 1.165) is 57.7 Å². The molecule has 6 nitrogen and oxygen atoms in total. The summed E-state index contributed by atoms with van der Waals surface area (Å²) >= 11 is 0. The Labute approximate surface area is 164 Å². The van der Waals surface area contributed by atoms with Crippen LogP contribution in [0.3, 0.4) is 0 Å². The molecular formula is C22H26N4O2.